The molecule has 2 rings (SSSR count). The second-order valence-corrected chi connectivity index (χ2v) is 5.19. The standard InChI is InChI=1S/C15H17N3O4/c1-9-6-5-7-12(14(9)18(20)21)15(19)17(4)8-13-10(2)16-22-11(13)3/h5-7H,8H2,1-4H3. The summed E-state index contributed by atoms with van der Waals surface area (Å²) >= 11 is 0. The van der Waals surface area contributed by atoms with Crippen LogP contribution >= 0.6 is 0 Å². The van der Waals surface area contributed by atoms with Gasteiger partial charge in [-0.1, -0.05) is 17.3 Å². The van der Waals surface area contributed by atoms with Crippen LogP contribution < -0.4 is 0 Å². The molecule has 1 aromatic carbocycles. The zero-order valence-electron chi connectivity index (χ0n) is 12.9. The molecule has 22 heavy (non-hydrogen) atoms. The molecule has 0 radical (unpaired) electrons. The monoisotopic (exact) mass is 303 g/mol. The number of aromatic nitrogens is 1. The van der Waals surface area contributed by atoms with Gasteiger partial charge in [-0.2, -0.15) is 0 Å². The average molecular weight is 303 g/mol. The first kappa shape index (κ1) is 15.7. The first-order valence-corrected chi connectivity index (χ1v) is 6.74. The van der Waals surface area contributed by atoms with Crippen LogP contribution in [0.2, 0.25) is 0 Å². The smallest absolute Gasteiger partial charge is 0.285 e. The summed E-state index contributed by atoms with van der Waals surface area (Å²) in [5, 5.41) is 15.0. The Kier molecular flexibility index (Phi) is 4.25. The van der Waals surface area contributed by atoms with Crippen LogP contribution in [0.4, 0.5) is 5.69 Å². The maximum absolute atomic E-state index is 12.5. The van der Waals surface area contributed by atoms with E-state index >= 15 is 0 Å². The Morgan fingerprint density at radius 2 is 2.05 bits per heavy atom. The maximum Gasteiger partial charge on any atom is 0.285 e. The number of nitro groups is 1. The Morgan fingerprint density at radius 1 is 1.36 bits per heavy atom. The van der Waals surface area contributed by atoms with E-state index in [-0.39, 0.29) is 17.8 Å². The van der Waals surface area contributed by atoms with Crippen molar-refractivity contribution in [2.75, 3.05) is 7.05 Å². The van der Waals surface area contributed by atoms with Crippen LogP contribution in [-0.2, 0) is 6.54 Å². The molecule has 2 aromatic rings. The van der Waals surface area contributed by atoms with E-state index in [2.05, 4.69) is 5.16 Å². The molecule has 0 aliphatic heterocycles. The molecule has 1 heterocycles. The molecule has 0 aliphatic carbocycles. The third-order valence-electron chi connectivity index (χ3n) is 3.57. The van der Waals surface area contributed by atoms with Gasteiger partial charge in [-0.05, 0) is 26.8 Å². The number of benzene rings is 1. The number of nitro benzene ring substituents is 1. The van der Waals surface area contributed by atoms with Gasteiger partial charge in [0.15, 0.2) is 0 Å². The van der Waals surface area contributed by atoms with Gasteiger partial charge < -0.3 is 9.42 Å². The quantitative estimate of drug-likeness (QED) is 0.640. The molecule has 1 aromatic heterocycles. The zero-order chi connectivity index (χ0) is 16.4. The van der Waals surface area contributed by atoms with E-state index in [1.54, 1.807) is 40.0 Å². The highest BCUT2D eigenvalue weighted by molar-refractivity contribution is 5.98. The lowest BCUT2D eigenvalue weighted by Gasteiger charge is -2.17. The zero-order valence-corrected chi connectivity index (χ0v) is 12.9. The molecule has 0 saturated heterocycles. The topological polar surface area (TPSA) is 89.5 Å². The number of hydrogen-bond acceptors (Lipinski definition) is 5. The molecule has 0 atom stereocenters. The van der Waals surface area contributed by atoms with Crippen molar-refractivity contribution >= 4 is 11.6 Å². The fourth-order valence-corrected chi connectivity index (χ4v) is 2.32. The lowest BCUT2D eigenvalue weighted by atomic mass is 10.1. The first-order chi connectivity index (χ1) is 10.3. The predicted octanol–water partition coefficient (Wildman–Crippen LogP) is 2.78. The van der Waals surface area contributed by atoms with Crippen molar-refractivity contribution in [2.45, 2.75) is 27.3 Å². The Morgan fingerprint density at radius 3 is 2.59 bits per heavy atom. The Labute approximate surface area is 127 Å². The van der Waals surface area contributed by atoms with Gasteiger partial charge in [0.25, 0.3) is 11.6 Å². The van der Waals surface area contributed by atoms with Crippen molar-refractivity contribution < 1.29 is 14.2 Å². The molecule has 0 spiro atoms. The minimum atomic E-state index is -0.522. The van der Waals surface area contributed by atoms with Gasteiger partial charge >= 0.3 is 0 Å². The Balaban J connectivity index is 2.33. The number of hydrogen-bond donors (Lipinski definition) is 0. The minimum Gasteiger partial charge on any atom is -0.361 e. The lowest BCUT2D eigenvalue weighted by molar-refractivity contribution is -0.385. The van der Waals surface area contributed by atoms with E-state index in [0.717, 1.165) is 5.56 Å². The molecule has 7 heteroatoms. The third kappa shape index (κ3) is 2.83. The van der Waals surface area contributed by atoms with Crippen LogP contribution in [0.15, 0.2) is 22.7 Å². The van der Waals surface area contributed by atoms with Gasteiger partial charge in [-0.25, -0.2) is 0 Å². The van der Waals surface area contributed by atoms with Crippen molar-refractivity contribution in [3.63, 3.8) is 0 Å². The van der Waals surface area contributed by atoms with E-state index in [0.29, 0.717) is 17.0 Å². The van der Waals surface area contributed by atoms with Gasteiger partial charge in [0.1, 0.15) is 11.3 Å². The molecular formula is C15H17N3O4. The number of carbonyl (C=O) groups excluding carboxylic acids is 1. The van der Waals surface area contributed by atoms with Gasteiger partial charge in [-0.15, -0.1) is 0 Å². The van der Waals surface area contributed by atoms with Crippen LogP contribution in [0.25, 0.3) is 0 Å². The van der Waals surface area contributed by atoms with Crippen molar-refractivity contribution in [3.05, 3.63) is 56.5 Å². The number of aryl methyl sites for hydroxylation is 3. The van der Waals surface area contributed by atoms with E-state index in [9.17, 15) is 14.9 Å². The van der Waals surface area contributed by atoms with Crippen molar-refractivity contribution in [1.82, 2.24) is 10.1 Å². The summed E-state index contributed by atoms with van der Waals surface area (Å²) in [6, 6.07) is 4.72. The van der Waals surface area contributed by atoms with Crippen LogP contribution in [0.3, 0.4) is 0 Å². The number of rotatable bonds is 4. The SMILES string of the molecule is Cc1cccc(C(=O)N(C)Cc2c(C)noc2C)c1[N+](=O)[O-]. The van der Waals surface area contributed by atoms with Crippen LogP contribution in [0, 0.1) is 30.9 Å². The largest absolute Gasteiger partial charge is 0.361 e. The predicted molar refractivity (Wildman–Crippen MR) is 79.6 cm³/mol. The molecule has 116 valence electrons. The highest BCUT2D eigenvalue weighted by Gasteiger charge is 2.25. The van der Waals surface area contributed by atoms with Crippen LogP contribution in [-0.4, -0.2) is 27.9 Å². The summed E-state index contributed by atoms with van der Waals surface area (Å²) in [6.07, 6.45) is 0. The normalized spacial score (nSPS) is 10.5. The highest BCUT2D eigenvalue weighted by atomic mass is 16.6. The lowest BCUT2D eigenvalue weighted by Crippen LogP contribution is -2.27. The number of para-hydroxylation sites is 1. The maximum atomic E-state index is 12.5. The second kappa shape index (κ2) is 5.97. The number of carbonyl (C=O) groups is 1. The van der Waals surface area contributed by atoms with Gasteiger partial charge in [-0.3, -0.25) is 14.9 Å². The highest BCUT2D eigenvalue weighted by Crippen LogP contribution is 2.25. The Hall–Kier alpha value is -2.70. The molecule has 0 fully saturated rings. The second-order valence-electron chi connectivity index (χ2n) is 5.19. The molecular weight excluding hydrogens is 286 g/mol. The fraction of sp³-hybridized carbons (Fsp3) is 0.333. The summed E-state index contributed by atoms with van der Waals surface area (Å²) < 4.78 is 5.07. The summed E-state index contributed by atoms with van der Waals surface area (Å²) in [4.78, 5) is 24.6. The number of nitrogens with zero attached hydrogens (tertiary/aromatic N) is 3. The van der Waals surface area contributed by atoms with Gasteiger partial charge in [0.05, 0.1) is 17.2 Å². The molecule has 0 saturated carbocycles. The van der Waals surface area contributed by atoms with Crippen LogP contribution in [0.1, 0.15) is 32.9 Å². The third-order valence-corrected chi connectivity index (χ3v) is 3.57. The van der Waals surface area contributed by atoms with Crippen molar-refractivity contribution in [1.29, 1.82) is 0 Å². The summed E-state index contributed by atoms with van der Waals surface area (Å²) in [7, 11) is 1.60. The van der Waals surface area contributed by atoms with E-state index in [1.807, 2.05) is 0 Å². The molecule has 0 bridgehead atoms. The Bertz CT molecular complexity index is 717. The van der Waals surface area contributed by atoms with Crippen LogP contribution in [0.5, 0.6) is 0 Å². The van der Waals surface area contributed by atoms with E-state index in [4.69, 9.17) is 4.52 Å². The van der Waals surface area contributed by atoms with E-state index in [1.165, 1.54) is 11.0 Å². The summed E-state index contributed by atoms with van der Waals surface area (Å²) in [5.74, 6) is 0.228. The molecule has 0 aliphatic rings. The minimum absolute atomic E-state index is 0.0826. The molecule has 7 nitrogen and oxygen atoms in total. The van der Waals surface area contributed by atoms with Crippen molar-refractivity contribution in [3.8, 4) is 0 Å². The fourth-order valence-electron chi connectivity index (χ4n) is 2.32. The van der Waals surface area contributed by atoms with Gasteiger partial charge in [0.2, 0.25) is 0 Å². The van der Waals surface area contributed by atoms with Gasteiger partial charge in [0, 0.05) is 18.2 Å². The number of amides is 1. The van der Waals surface area contributed by atoms with Crippen molar-refractivity contribution in [2.24, 2.45) is 0 Å². The summed E-state index contributed by atoms with van der Waals surface area (Å²) in [5.41, 5.74) is 1.90. The first-order valence-electron chi connectivity index (χ1n) is 6.74. The average Bonchev–Trinajstić information content (AvgIpc) is 2.77. The molecule has 1 amide bonds. The molecule has 0 unspecified atom stereocenters. The molecule has 0 N–H and O–H groups in total. The van der Waals surface area contributed by atoms with E-state index < -0.39 is 10.8 Å². The summed E-state index contributed by atoms with van der Waals surface area (Å²) in [6.45, 7) is 5.45.